The van der Waals surface area contributed by atoms with Gasteiger partial charge in [-0.3, -0.25) is 4.79 Å². The summed E-state index contributed by atoms with van der Waals surface area (Å²) < 4.78 is 0. The molecule has 0 unspecified atom stereocenters. The van der Waals surface area contributed by atoms with Crippen LogP contribution in [0.5, 0.6) is 0 Å². The topological polar surface area (TPSA) is 59.2 Å². The van der Waals surface area contributed by atoms with E-state index in [1.165, 1.54) is 11.3 Å². The third-order valence-electron chi connectivity index (χ3n) is 2.39. The molecule has 0 bridgehead atoms. The lowest BCUT2D eigenvalue weighted by molar-refractivity contribution is 0.0984. The Balaban J connectivity index is 2.31. The Morgan fingerprint density at radius 1 is 1.53 bits per heavy atom. The monoisotopic (exact) mass is 247 g/mol. The van der Waals surface area contributed by atoms with E-state index in [0.29, 0.717) is 17.9 Å². The van der Waals surface area contributed by atoms with E-state index in [1.54, 1.807) is 27.9 Å². The van der Waals surface area contributed by atoms with E-state index in [4.69, 9.17) is 5.73 Å². The highest BCUT2D eigenvalue weighted by Crippen LogP contribution is 2.19. The second kappa shape index (κ2) is 4.97. The number of hydrogen-bond acceptors (Lipinski definition) is 4. The van der Waals surface area contributed by atoms with E-state index >= 15 is 0 Å². The van der Waals surface area contributed by atoms with E-state index < -0.39 is 0 Å². The lowest BCUT2D eigenvalue weighted by Gasteiger charge is -2.20. The fourth-order valence-electron chi connectivity index (χ4n) is 1.59. The van der Waals surface area contributed by atoms with E-state index in [2.05, 4.69) is 4.98 Å². The molecule has 2 rings (SSSR count). The summed E-state index contributed by atoms with van der Waals surface area (Å²) in [6, 6.07) is 7.28. The van der Waals surface area contributed by atoms with Gasteiger partial charge in [-0.05, 0) is 25.1 Å². The average molecular weight is 247 g/mol. The molecule has 0 atom stereocenters. The fraction of sp³-hybridized carbons (Fsp3) is 0.167. The zero-order chi connectivity index (χ0) is 12.3. The fourth-order valence-corrected chi connectivity index (χ4v) is 2.12. The van der Waals surface area contributed by atoms with Crippen LogP contribution in [0.15, 0.2) is 35.2 Å². The number of carbonyl (C=O) groups is 1. The molecule has 0 saturated carbocycles. The van der Waals surface area contributed by atoms with Crippen molar-refractivity contribution in [1.82, 2.24) is 4.98 Å². The van der Waals surface area contributed by atoms with Crippen LogP contribution in [0.1, 0.15) is 17.4 Å². The average Bonchev–Trinajstić information content (AvgIpc) is 2.83. The van der Waals surface area contributed by atoms with Crippen molar-refractivity contribution in [3.05, 3.63) is 40.8 Å². The largest absolute Gasteiger partial charge is 0.399 e. The molecule has 0 radical (unpaired) electrons. The number of nitrogens with two attached hydrogens (primary N) is 1. The summed E-state index contributed by atoms with van der Waals surface area (Å²) in [5, 5.41) is 1.75. The van der Waals surface area contributed by atoms with Crippen molar-refractivity contribution >= 4 is 28.6 Å². The van der Waals surface area contributed by atoms with Gasteiger partial charge < -0.3 is 10.6 Å². The summed E-state index contributed by atoms with van der Waals surface area (Å²) in [5.74, 6) is -0.0978. The third kappa shape index (κ3) is 2.45. The molecule has 88 valence electrons. The van der Waals surface area contributed by atoms with Gasteiger partial charge in [0.25, 0.3) is 5.91 Å². The van der Waals surface area contributed by atoms with E-state index in [9.17, 15) is 4.79 Å². The summed E-state index contributed by atoms with van der Waals surface area (Å²) >= 11 is 1.41. The maximum absolute atomic E-state index is 12.2. The Morgan fingerprint density at radius 3 is 2.94 bits per heavy atom. The molecule has 17 heavy (non-hydrogen) atoms. The van der Waals surface area contributed by atoms with Gasteiger partial charge in [0.15, 0.2) is 0 Å². The van der Waals surface area contributed by atoms with Crippen molar-refractivity contribution < 1.29 is 4.79 Å². The molecule has 0 aliphatic carbocycles. The van der Waals surface area contributed by atoms with Crippen molar-refractivity contribution in [2.75, 3.05) is 17.2 Å². The Labute approximate surface area is 104 Å². The Bertz CT molecular complexity index is 510. The number of nitrogens with zero attached hydrogens (tertiary/aromatic N) is 2. The van der Waals surface area contributed by atoms with Crippen LogP contribution < -0.4 is 10.6 Å². The van der Waals surface area contributed by atoms with E-state index in [1.807, 2.05) is 19.1 Å². The summed E-state index contributed by atoms with van der Waals surface area (Å²) in [6.07, 6.45) is 0. The van der Waals surface area contributed by atoms with Gasteiger partial charge in [0.2, 0.25) is 0 Å². The summed E-state index contributed by atoms with van der Waals surface area (Å²) in [4.78, 5) is 17.9. The Hall–Kier alpha value is -1.88. The summed E-state index contributed by atoms with van der Waals surface area (Å²) in [6.45, 7) is 2.51. The minimum Gasteiger partial charge on any atom is -0.399 e. The van der Waals surface area contributed by atoms with Crippen molar-refractivity contribution in [3.8, 4) is 0 Å². The van der Waals surface area contributed by atoms with Gasteiger partial charge in [-0.15, -0.1) is 11.3 Å². The van der Waals surface area contributed by atoms with Crippen LogP contribution in [0, 0.1) is 0 Å². The zero-order valence-corrected chi connectivity index (χ0v) is 10.3. The molecule has 0 aliphatic heterocycles. The number of benzene rings is 1. The van der Waals surface area contributed by atoms with Gasteiger partial charge in [-0.2, -0.15) is 0 Å². The molecule has 0 saturated heterocycles. The smallest absolute Gasteiger partial charge is 0.277 e. The second-order valence-corrected chi connectivity index (χ2v) is 4.24. The predicted octanol–water partition coefficient (Wildman–Crippen LogP) is 2.39. The molecule has 1 amide bonds. The molecule has 0 spiro atoms. The number of rotatable bonds is 3. The van der Waals surface area contributed by atoms with Crippen LogP contribution in [0.2, 0.25) is 0 Å². The van der Waals surface area contributed by atoms with Crippen LogP contribution in [-0.2, 0) is 0 Å². The third-order valence-corrected chi connectivity index (χ3v) is 2.98. The summed E-state index contributed by atoms with van der Waals surface area (Å²) in [5.41, 5.74) is 9.29. The normalized spacial score (nSPS) is 10.2. The SMILES string of the molecule is CCN(C(=O)c1cscn1)c1cccc(N)c1. The van der Waals surface area contributed by atoms with E-state index in [-0.39, 0.29) is 5.91 Å². The Kier molecular flexibility index (Phi) is 3.39. The van der Waals surface area contributed by atoms with Gasteiger partial charge in [0.1, 0.15) is 5.69 Å². The maximum Gasteiger partial charge on any atom is 0.277 e. The summed E-state index contributed by atoms with van der Waals surface area (Å²) in [7, 11) is 0. The molecule has 0 fully saturated rings. The quantitative estimate of drug-likeness (QED) is 0.847. The van der Waals surface area contributed by atoms with Crippen LogP contribution in [-0.4, -0.2) is 17.4 Å². The second-order valence-electron chi connectivity index (χ2n) is 3.52. The minimum atomic E-state index is -0.0978. The number of anilines is 2. The predicted molar refractivity (Wildman–Crippen MR) is 70.3 cm³/mol. The first-order valence-corrected chi connectivity index (χ1v) is 6.22. The number of carbonyl (C=O) groups excluding carboxylic acids is 1. The molecule has 5 heteroatoms. The zero-order valence-electron chi connectivity index (χ0n) is 9.46. The molecular formula is C12H13N3OS. The van der Waals surface area contributed by atoms with Crippen molar-refractivity contribution in [2.24, 2.45) is 0 Å². The molecule has 2 N–H and O–H groups in total. The van der Waals surface area contributed by atoms with Gasteiger partial charge in [-0.25, -0.2) is 4.98 Å². The molecular weight excluding hydrogens is 234 g/mol. The van der Waals surface area contributed by atoms with Crippen LogP contribution in [0.4, 0.5) is 11.4 Å². The van der Waals surface area contributed by atoms with Crippen LogP contribution in [0.3, 0.4) is 0 Å². The molecule has 1 aromatic carbocycles. The van der Waals surface area contributed by atoms with Crippen molar-refractivity contribution in [1.29, 1.82) is 0 Å². The highest BCUT2D eigenvalue weighted by Gasteiger charge is 2.17. The number of amides is 1. The molecule has 4 nitrogen and oxygen atoms in total. The van der Waals surface area contributed by atoms with Gasteiger partial charge in [-0.1, -0.05) is 6.07 Å². The first-order chi connectivity index (χ1) is 8.22. The highest BCUT2D eigenvalue weighted by molar-refractivity contribution is 7.07. The first kappa shape index (κ1) is 11.6. The van der Waals surface area contributed by atoms with Gasteiger partial charge >= 0.3 is 0 Å². The number of thiazole rings is 1. The van der Waals surface area contributed by atoms with Crippen LogP contribution in [0.25, 0.3) is 0 Å². The van der Waals surface area contributed by atoms with Crippen molar-refractivity contribution in [3.63, 3.8) is 0 Å². The molecule has 1 aromatic heterocycles. The standard InChI is InChI=1S/C12H13N3OS/c1-2-15(10-5-3-4-9(13)6-10)12(16)11-7-17-8-14-11/h3-8H,2,13H2,1H3. The Morgan fingerprint density at radius 2 is 2.35 bits per heavy atom. The highest BCUT2D eigenvalue weighted by atomic mass is 32.1. The minimum absolute atomic E-state index is 0.0978. The first-order valence-electron chi connectivity index (χ1n) is 5.28. The number of hydrogen-bond donors (Lipinski definition) is 1. The molecule has 2 aromatic rings. The lowest BCUT2D eigenvalue weighted by atomic mass is 10.2. The van der Waals surface area contributed by atoms with Crippen molar-refractivity contribution in [2.45, 2.75) is 6.92 Å². The maximum atomic E-state index is 12.2. The number of aromatic nitrogens is 1. The molecule has 1 heterocycles. The number of nitrogen functional groups attached to an aromatic ring is 1. The molecule has 0 aliphatic rings. The van der Waals surface area contributed by atoms with E-state index in [0.717, 1.165) is 5.69 Å². The van der Waals surface area contributed by atoms with Gasteiger partial charge in [0, 0.05) is 23.3 Å². The van der Waals surface area contributed by atoms with Crippen LogP contribution >= 0.6 is 11.3 Å². The van der Waals surface area contributed by atoms with Gasteiger partial charge in [0.05, 0.1) is 5.51 Å². The lowest BCUT2D eigenvalue weighted by Crippen LogP contribution is -2.30.